The first-order valence-electron chi connectivity index (χ1n) is 7.76. The fourth-order valence-corrected chi connectivity index (χ4v) is 3.53. The molecule has 0 aromatic carbocycles. The summed E-state index contributed by atoms with van der Waals surface area (Å²) in [6.45, 7) is 5.18. The van der Waals surface area contributed by atoms with Crippen molar-refractivity contribution in [2.24, 2.45) is 0 Å². The van der Waals surface area contributed by atoms with Crippen LogP contribution in [0.3, 0.4) is 0 Å². The lowest BCUT2D eigenvalue weighted by atomic mass is 10.2. The van der Waals surface area contributed by atoms with Crippen LogP contribution in [0.15, 0.2) is 6.07 Å². The van der Waals surface area contributed by atoms with E-state index in [2.05, 4.69) is 10.6 Å². The first-order valence-corrected chi connectivity index (χ1v) is 8.58. The number of urea groups is 1. The number of thiophene rings is 1. The lowest BCUT2D eigenvalue weighted by molar-refractivity contribution is -0.127. The number of carbonyl (C=O) groups is 3. The summed E-state index contributed by atoms with van der Waals surface area (Å²) >= 11 is 1.50. The number of rotatable bonds is 4. The monoisotopic (exact) mass is 338 g/mol. The minimum absolute atomic E-state index is 0.122. The van der Waals surface area contributed by atoms with Crippen LogP contribution in [0, 0.1) is 13.8 Å². The van der Waals surface area contributed by atoms with E-state index in [1.54, 1.807) is 6.07 Å². The second-order valence-corrected chi connectivity index (χ2v) is 7.28. The van der Waals surface area contributed by atoms with Crippen molar-refractivity contribution in [3.8, 4) is 0 Å². The number of amides is 3. The Bertz CT molecular complexity index is 605. The van der Waals surface area contributed by atoms with E-state index in [1.165, 1.54) is 18.3 Å². The molecule has 0 saturated heterocycles. The summed E-state index contributed by atoms with van der Waals surface area (Å²) in [5.41, 5.74) is 0.461. The van der Waals surface area contributed by atoms with Gasteiger partial charge in [-0.3, -0.25) is 10.1 Å². The van der Waals surface area contributed by atoms with Crippen LogP contribution in [0.25, 0.3) is 0 Å². The second-order valence-electron chi connectivity index (χ2n) is 5.82. The smallest absolute Gasteiger partial charge is 0.340 e. The molecule has 3 amide bonds. The molecule has 0 radical (unpaired) electrons. The van der Waals surface area contributed by atoms with Gasteiger partial charge in [-0.15, -0.1) is 11.3 Å². The maximum atomic E-state index is 12.1. The summed E-state index contributed by atoms with van der Waals surface area (Å²) in [6, 6.07) is 1.32. The van der Waals surface area contributed by atoms with Crippen LogP contribution in [0.5, 0.6) is 0 Å². The highest BCUT2D eigenvalue weighted by Gasteiger charge is 2.24. The summed E-state index contributed by atoms with van der Waals surface area (Å²) in [6.07, 6.45) is 3.02. The largest absolute Gasteiger partial charge is 0.449 e. The molecule has 0 spiro atoms. The summed E-state index contributed by atoms with van der Waals surface area (Å²) < 4.78 is 5.14. The number of nitrogens with one attached hydrogen (secondary N) is 2. The van der Waals surface area contributed by atoms with Crippen molar-refractivity contribution < 1.29 is 19.1 Å². The van der Waals surface area contributed by atoms with Gasteiger partial charge in [-0.05, 0) is 39.7 Å². The highest BCUT2D eigenvalue weighted by molar-refractivity contribution is 7.12. The quantitative estimate of drug-likeness (QED) is 0.827. The number of esters is 1. The number of hydrogen-bond acceptors (Lipinski definition) is 5. The van der Waals surface area contributed by atoms with Crippen LogP contribution >= 0.6 is 11.3 Å². The van der Waals surface area contributed by atoms with Crippen LogP contribution in [-0.2, 0) is 9.53 Å². The first-order chi connectivity index (χ1) is 10.9. The van der Waals surface area contributed by atoms with Crippen LogP contribution in [0.4, 0.5) is 4.79 Å². The molecule has 1 atom stereocenters. The highest BCUT2D eigenvalue weighted by atomic mass is 32.1. The van der Waals surface area contributed by atoms with Crippen LogP contribution in [-0.4, -0.2) is 30.1 Å². The van der Waals surface area contributed by atoms with Crippen molar-refractivity contribution in [1.82, 2.24) is 10.6 Å². The van der Waals surface area contributed by atoms with Crippen molar-refractivity contribution >= 4 is 29.2 Å². The Hall–Kier alpha value is -1.89. The predicted octanol–water partition coefficient (Wildman–Crippen LogP) is 2.68. The minimum atomic E-state index is -1.03. The molecule has 1 aliphatic rings. The van der Waals surface area contributed by atoms with E-state index in [0.29, 0.717) is 5.56 Å². The lowest BCUT2D eigenvalue weighted by Crippen LogP contribution is -2.47. The van der Waals surface area contributed by atoms with Gasteiger partial charge in [0.1, 0.15) is 0 Å². The molecule has 2 N–H and O–H groups in total. The van der Waals surface area contributed by atoms with Crippen LogP contribution in [0.2, 0.25) is 0 Å². The van der Waals surface area contributed by atoms with Gasteiger partial charge in [0.15, 0.2) is 6.10 Å². The molecule has 0 aliphatic heterocycles. The SMILES string of the molecule is Cc1cc(C(=O)O[C@H](C)C(=O)NC(=O)NC2CCCC2)c(C)s1. The molecule has 0 bridgehead atoms. The van der Waals surface area contributed by atoms with Crippen molar-refractivity contribution in [2.45, 2.75) is 58.6 Å². The van der Waals surface area contributed by atoms with E-state index >= 15 is 0 Å². The molecule has 1 fully saturated rings. The molecule has 126 valence electrons. The summed E-state index contributed by atoms with van der Waals surface area (Å²) in [4.78, 5) is 37.6. The zero-order chi connectivity index (χ0) is 17.0. The third-order valence-corrected chi connectivity index (χ3v) is 4.81. The Kier molecular flexibility index (Phi) is 5.76. The van der Waals surface area contributed by atoms with Crippen LogP contribution in [0.1, 0.15) is 52.7 Å². The van der Waals surface area contributed by atoms with E-state index in [4.69, 9.17) is 4.74 Å². The Morgan fingerprint density at radius 2 is 1.91 bits per heavy atom. The minimum Gasteiger partial charge on any atom is -0.449 e. The lowest BCUT2D eigenvalue weighted by Gasteiger charge is -2.15. The number of aryl methyl sites for hydroxylation is 2. The predicted molar refractivity (Wildman–Crippen MR) is 87.6 cm³/mol. The molecular weight excluding hydrogens is 316 g/mol. The van der Waals surface area contributed by atoms with Gasteiger partial charge in [0.2, 0.25) is 0 Å². The first kappa shape index (κ1) is 17.5. The van der Waals surface area contributed by atoms with Gasteiger partial charge < -0.3 is 10.1 Å². The van der Waals surface area contributed by atoms with Crippen molar-refractivity contribution in [2.75, 3.05) is 0 Å². The molecular formula is C16H22N2O4S. The summed E-state index contributed by atoms with van der Waals surface area (Å²) in [7, 11) is 0. The zero-order valence-electron chi connectivity index (χ0n) is 13.6. The highest BCUT2D eigenvalue weighted by Crippen LogP contribution is 2.21. The molecule has 6 nitrogen and oxygen atoms in total. The van der Waals surface area contributed by atoms with Gasteiger partial charge in [0.25, 0.3) is 5.91 Å². The number of carbonyl (C=O) groups excluding carboxylic acids is 3. The molecule has 23 heavy (non-hydrogen) atoms. The van der Waals surface area contributed by atoms with Crippen molar-refractivity contribution in [3.63, 3.8) is 0 Å². The molecule has 0 unspecified atom stereocenters. The second kappa shape index (κ2) is 7.59. The van der Waals surface area contributed by atoms with Gasteiger partial charge in [-0.25, -0.2) is 9.59 Å². The van der Waals surface area contributed by atoms with E-state index in [-0.39, 0.29) is 6.04 Å². The van der Waals surface area contributed by atoms with E-state index in [9.17, 15) is 14.4 Å². The number of ether oxygens (including phenoxy) is 1. The third kappa shape index (κ3) is 4.79. The van der Waals surface area contributed by atoms with E-state index in [1.807, 2.05) is 13.8 Å². The average Bonchev–Trinajstić information content (AvgIpc) is 3.07. The van der Waals surface area contributed by atoms with E-state index < -0.39 is 24.0 Å². The normalized spacial score (nSPS) is 16.0. The number of imide groups is 1. The molecule has 1 heterocycles. The zero-order valence-corrected chi connectivity index (χ0v) is 14.4. The Labute approximate surface area is 139 Å². The molecule has 1 saturated carbocycles. The van der Waals surface area contributed by atoms with Crippen molar-refractivity contribution in [3.05, 3.63) is 21.4 Å². The van der Waals surface area contributed by atoms with E-state index in [0.717, 1.165) is 35.4 Å². The summed E-state index contributed by atoms with van der Waals surface area (Å²) in [5, 5.41) is 4.97. The average molecular weight is 338 g/mol. The van der Waals surface area contributed by atoms with Gasteiger partial charge in [0, 0.05) is 15.8 Å². The molecule has 1 aromatic rings. The molecule has 1 aliphatic carbocycles. The fraction of sp³-hybridized carbons (Fsp3) is 0.562. The summed E-state index contributed by atoms with van der Waals surface area (Å²) in [5.74, 6) is -1.18. The van der Waals surface area contributed by atoms with Gasteiger partial charge in [0.05, 0.1) is 5.56 Å². The van der Waals surface area contributed by atoms with Crippen LogP contribution < -0.4 is 10.6 Å². The van der Waals surface area contributed by atoms with Gasteiger partial charge >= 0.3 is 12.0 Å². The van der Waals surface area contributed by atoms with Gasteiger partial charge in [-0.2, -0.15) is 0 Å². The molecule has 2 rings (SSSR count). The maximum Gasteiger partial charge on any atom is 0.340 e. The fourth-order valence-electron chi connectivity index (χ4n) is 2.62. The van der Waals surface area contributed by atoms with Crippen molar-refractivity contribution in [1.29, 1.82) is 0 Å². The topological polar surface area (TPSA) is 84.5 Å². The Balaban J connectivity index is 1.83. The maximum absolute atomic E-state index is 12.1. The number of hydrogen-bond donors (Lipinski definition) is 2. The Morgan fingerprint density at radius 1 is 1.26 bits per heavy atom. The molecule has 1 aromatic heterocycles. The van der Waals surface area contributed by atoms with Gasteiger partial charge in [-0.1, -0.05) is 12.8 Å². The molecule has 7 heteroatoms. The standard InChI is InChI=1S/C16H22N2O4S/c1-9-8-13(11(3)23-9)15(20)22-10(2)14(19)18-16(21)17-12-6-4-5-7-12/h8,10,12H,4-7H2,1-3H3,(H2,17,18,19,21)/t10-/m1/s1. The third-order valence-electron chi connectivity index (χ3n) is 3.84. The Morgan fingerprint density at radius 3 is 2.48 bits per heavy atom.